The molecule has 0 unspecified atom stereocenters. The number of nitrogens with zero attached hydrogens (tertiary/aromatic N) is 2. The van der Waals surface area contributed by atoms with Crippen molar-refractivity contribution >= 4 is 17.7 Å². The number of hydrogen-bond acceptors (Lipinski definition) is 5. The van der Waals surface area contributed by atoms with Crippen LogP contribution in [0.5, 0.6) is 0 Å². The Morgan fingerprint density at radius 2 is 2.40 bits per heavy atom. The normalized spacial score (nSPS) is 13.8. The maximum Gasteiger partial charge on any atom is 0.230 e. The average Bonchev–Trinajstić information content (AvgIpc) is 3.20. The van der Waals surface area contributed by atoms with Gasteiger partial charge >= 0.3 is 0 Å². The molecule has 106 valence electrons. The van der Waals surface area contributed by atoms with E-state index in [9.17, 15) is 10.1 Å². The number of carbonyl (C=O) groups excluding carboxylic acids is 1. The summed E-state index contributed by atoms with van der Waals surface area (Å²) in [7, 11) is 1.59. The van der Waals surface area contributed by atoms with Gasteiger partial charge in [0.2, 0.25) is 5.91 Å². The molecule has 2 rings (SSSR count). The molecule has 0 aliphatic heterocycles. The van der Waals surface area contributed by atoms with E-state index >= 15 is 0 Å². The molecule has 6 heteroatoms. The molecule has 0 spiro atoms. The largest absolute Gasteiger partial charge is 0.380 e. The fourth-order valence-electron chi connectivity index (χ4n) is 1.83. The van der Waals surface area contributed by atoms with Gasteiger partial charge in [-0.1, -0.05) is 11.8 Å². The van der Waals surface area contributed by atoms with Crippen molar-refractivity contribution in [2.45, 2.75) is 37.4 Å². The van der Waals surface area contributed by atoms with Crippen molar-refractivity contribution < 1.29 is 9.53 Å². The number of pyridine rings is 1. The Morgan fingerprint density at radius 1 is 1.65 bits per heavy atom. The third kappa shape index (κ3) is 3.95. The summed E-state index contributed by atoms with van der Waals surface area (Å²) in [6.45, 7) is 2.24. The first-order valence-electron chi connectivity index (χ1n) is 6.45. The molecule has 0 radical (unpaired) electrons. The van der Waals surface area contributed by atoms with Gasteiger partial charge in [-0.15, -0.1) is 0 Å². The van der Waals surface area contributed by atoms with Crippen molar-refractivity contribution in [1.29, 1.82) is 5.26 Å². The van der Waals surface area contributed by atoms with Crippen LogP contribution in [0.15, 0.2) is 11.1 Å². The molecule has 1 heterocycles. The molecule has 1 fully saturated rings. The topological polar surface area (TPSA) is 75.0 Å². The third-order valence-corrected chi connectivity index (χ3v) is 3.87. The number of nitrogens with one attached hydrogen (secondary N) is 1. The first-order valence-corrected chi connectivity index (χ1v) is 7.44. The van der Waals surface area contributed by atoms with Gasteiger partial charge in [0.15, 0.2) is 0 Å². The number of aromatic nitrogens is 1. The van der Waals surface area contributed by atoms with Crippen molar-refractivity contribution in [3.8, 4) is 6.07 Å². The Morgan fingerprint density at radius 3 is 3.00 bits per heavy atom. The molecule has 1 aliphatic carbocycles. The predicted octanol–water partition coefficient (Wildman–Crippen LogP) is 1.78. The zero-order chi connectivity index (χ0) is 14.5. The van der Waals surface area contributed by atoms with Crippen LogP contribution in [-0.2, 0) is 16.1 Å². The average molecular weight is 291 g/mol. The highest BCUT2D eigenvalue weighted by Gasteiger charge is 2.23. The lowest BCUT2D eigenvalue weighted by atomic mass is 10.1. The van der Waals surface area contributed by atoms with Gasteiger partial charge in [-0.3, -0.25) is 4.79 Å². The minimum Gasteiger partial charge on any atom is -0.380 e. The van der Waals surface area contributed by atoms with E-state index in [0.717, 1.165) is 24.1 Å². The summed E-state index contributed by atoms with van der Waals surface area (Å²) in [5.74, 6) is 0.284. The lowest BCUT2D eigenvalue weighted by Crippen LogP contribution is -2.27. The maximum absolute atomic E-state index is 11.7. The molecule has 1 N–H and O–H groups in total. The summed E-state index contributed by atoms with van der Waals surface area (Å²) < 4.78 is 5.10. The number of methoxy groups -OCH3 is 1. The van der Waals surface area contributed by atoms with Crippen LogP contribution < -0.4 is 5.32 Å². The van der Waals surface area contributed by atoms with Crippen LogP contribution in [0.1, 0.15) is 29.7 Å². The van der Waals surface area contributed by atoms with Gasteiger partial charge in [0.05, 0.1) is 17.9 Å². The first kappa shape index (κ1) is 14.8. The number of hydrogen-bond donors (Lipinski definition) is 1. The van der Waals surface area contributed by atoms with Crippen molar-refractivity contribution in [2.75, 3.05) is 12.9 Å². The number of rotatable bonds is 6. The molecule has 1 amide bonds. The molecule has 0 aromatic carbocycles. The second kappa shape index (κ2) is 6.73. The number of amides is 1. The highest BCUT2D eigenvalue weighted by Crippen LogP contribution is 2.25. The Kier molecular flexibility index (Phi) is 4.99. The van der Waals surface area contributed by atoms with E-state index in [-0.39, 0.29) is 11.7 Å². The zero-order valence-corrected chi connectivity index (χ0v) is 12.4. The second-order valence-corrected chi connectivity index (χ2v) is 5.74. The Hall–Kier alpha value is -1.58. The summed E-state index contributed by atoms with van der Waals surface area (Å²) in [6, 6.07) is 4.36. The highest BCUT2D eigenvalue weighted by molar-refractivity contribution is 8.00. The second-order valence-electron chi connectivity index (χ2n) is 4.78. The predicted molar refractivity (Wildman–Crippen MR) is 76.3 cm³/mol. The Bertz CT molecular complexity index is 550. The van der Waals surface area contributed by atoms with Gasteiger partial charge in [0, 0.05) is 18.8 Å². The molecule has 0 bridgehead atoms. The number of carbonyl (C=O) groups is 1. The summed E-state index contributed by atoms with van der Waals surface area (Å²) in [5.41, 5.74) is 2.13. The van der Waals surface area contributed by atoms with Crippen molar-refractivity contribution in [3.63, 3.8) is 0 Å². The molecule has 0 saturated heterocycles. The standard InChI is InChI=1S/C14H17N3O2S/c1-9-5-10(7-19-2)12(6-15)14(16-9)20-8-13(18)17-11-3-4-11/h5,11H,3-4,7-8H2,1-2H3,(H,17,18). The fourth-order valence-corrected chi connectivity index (χ4v) is 2.72. The lowest BCUT2D eigenvalue weighted by Gasteiger charge is -2.09. The monoisotopic (exact) mass is 291 g/mol. The first-order chi connectivity index (χ1) is 9.63. The fraction of sp³-hybridized carbons (Fsp3) is 0.500. The molecule has 1 aromatic rings. The smallest absolute Gasteiger partial charge is 0.230 e. The zero-order valence-electron chi connectivity index (χ0n) is 11.6. The van der Waals surface area contributed by atoms with Gasteiger partial charge in [0.25, 0.3) is 0 Å². The summed E-state index contributed by atoms with van der Waals surface area (Å²) >= 11 is 1.30. The van der Waals surface area contributed by atoms with Crippen LogP contribution in [0.4, 0.5) is 0 Å². The molecule has 1 aromatic heterocycles. The molecular weight excluding hydrogens is 274 g/mol. The van der Waals surface area contributed by atoms with Crippen LogP contribution in [0, 0.1) is 18.3 Å². The summed E-state index contributed by atoms with van der Waals surface area (Å²) in [6.07, 6.45) is 2.14. The minimum atomic E-state index is -0.00186. The van der Waals surface area contributed by atoms with Crippen molar-refractivity contribution in [3.05, 3.63) is 22.9 Å². The van der Waals surface area contributed by atoms with E-state index in [1.165, 1.54) is 11.8 Å². The Balaban J connectivity index is 2.08. The summed E-state index contributed by atoms with van der Waals surface area (Å²) in [5, 5.41) is 12.8. The SMILES string of the molecule is COCc1cc(C)nc(SCC(=O)NC2CC2)c1C#N. The van der Waals surface area contributed by atoms with E-state index in [0.29, 0.717) is 23.2 Å². The number of thioether (sulfide) groups is 1. The number of nitriles is 1. The molecule has 1 aliphatic rings. The van der Waals surface area contributed by atoms with Gasteiger partial charge in [-0.2, -0.15) is 5.26 Å². The molecule has 0 atom stereocenters. The Labute approximate surface area is 122 Å². The van der Waals surface area contributed by atoms with Gasteiger partial charge < -0.3 is 10.1 Å². The van der Waals surface area contributed by atoms with Crippen molar-refractivity contribution in [1.82, 2.24) is 10.3 Å². The van der Waals surface area contributed by atoms with Gasteiger partial charge in [-0.25, -0.2) is 4.98 Å². The van der Waals surface area contributed by atoms with Crippen LogP contribution in [0.2, 0.25) is 0 Å². The van der Waals surface area contributed by atoms with Crippen LogP contribution in [-0.4, -0.2) is 29.8 Å². The third-order valence-electron chi connectivity index (χ3n) is 2.89. The molecular formula is C14H17N3O2S. The minimum absolute atomic E-state index is 0.00186. The van der Waals surface area contributed by atoms with Crippen molar-refractivity contribution in [2.24, 2.45) is 0 Å². The maximum atomic E-state index is 11.7. The van der Waals surface area contributed by atoms with E-state index in [1.54, 1.807) is 7.11 Å². The lowest BCUT2D eigenvalue weighted by molar-refractivity contribution is -0.118. The van der Waals surface area contributed by atoms with Crippen LogP contribution in [0.25, 0.3) is 0 Å². The molecule has 5 nitrogen and oxygen atoms in total. The van der Waals surface area contributed by atoms with E-state index in [4.69, 9.17) is 4.74 Å². The van der Waals surface area contributed by atoms with E-state index in [1.807, 2.05) is 13.0 Å². The quantitative estimate of drug-likeness (QED) is 0.809. The molecule has 20 heavy (non-hydrogen) atoms. The number of ether oxygens (including phenoxy) is 1. The van der Waals surface area contributed by atoms with Crippen LogP contribution >= 0.6 is 11.8 Å². The number of aryl methyl sites for hydroxylation is 1. The van der Waals surface area contributed by atoms with Crippen LogP contribution in [0.3, 0.4) is 0 Å². The van der Waals surface area contributed by atoms with E-state index in [2.05, 4.69) is 16.4 Å². The van der Waals surface area contributed by atoms with E-state index < -0.39 is 0 Å². The highest BCUT2D eigenvalue weighted by atomic mass is 32.2. The molecule has 1 saturated carbocycles. The van der Waals surface area contributed by atoms with Gasteiger partial charge in [-0.05, 0) is 31.4 Å². The van der Waals surface area contributed by atoms with Gasteiger partial charge in [0.1, 0.15) is 11.1 Å². The summed E-state index contributed by atoms with van der Waals surface area (Å²) in [4.78, 5) is 16.1.